The second-order valence-electron chi connectivity index (χ2n) is 4.82. The van der Waals surface area contributed by atoms with Crippen LogP contribution in [-0.2, 0) is 16.0 Å². The standard InChI is InChI=1S/C13H17BrFNO2/c1-13(2)17-8-11(18-13)7-16-6-9-5-10(15)3-4-12(9)14/h3-5,11,16H,6-8H2,1-2H3. The first-order valence-electron chi connectivity index (χ1n) is 5.93. The number of benzene rings is 1. The van der Waals surface area contributed by atoms with Gasteiger partial charge in [-0.05, 0) is 37.6 Å². The summed E-state index contributed by atoms with van der Waals surface area (Å²) in [6.07, 6.45) is 0.0485. The van der Waals surface area contributed by atoms with E-state index in [-0.39, 0.29) is 11.9 Å². The Morgan fingerprint density at radius 2 is 2.28 bits per heavy atom. The Morgan fingerprint density at radius 1 is 1.50 bits per heavy atom. The van der Waals surface area contributed by atoms with E-state index >= 15 is 0 Å². The fourth-order valence-electron chi connectivity index (χ4n) is 1.91. The summed E-state index contributed by atoms with van der Waals surface area (Å²) in [5.41, 5.74) is 0.896. The normalized spacial score (nSPS) is 22.3. The van der Waals surface area contributed by atoms with Crippen molar-refractivity contribution in [3.05, 3.63) is 34.1 Å². The summed E-state index contributed by atoms with van der Waals surface area (Å²) in [6, 6.07) is 4.67. The van der Waals surface area contributed by atoms with Crippen LogP contribution in [0.2, 0.25) is 0 Å². The highest BCUT2D eigenvalue weighted by Crippen LogP contribution is 2.22. The lowest BCUT2D eigenvalue weighted by Gasteiger charge is -2.17. The van der Waals surface area contributed by atoms with Crippen LogP contribution in [0.3, 0.4) is 0 Å². The minimum absolute atomic E-state index is 0.0485. The highest BCUT2D eigenvalue weighted by molar-refractivity contribution is 9.10. The molecular weight excluding hydrogens is 301 g/mol. The SMILES string of the molecule is CC1(C)OCC(CNCc2cc(F)ccc2Br)O1. The van der Waals surface area contributed by atoms with Gasteiger partial charge in [0, 0.05) is 17.6 Å². The van der Waals surface area contributed by atoms with Gasteiger partial charge in [0.1, 0.15) is 5.82 Å². The van der Waals surface area contributed by atoms with Crippen molar-refractivity contribution in [2.24, 2.45) is 0 Å². The minimum Gasteiger partial charge on any atom is -0.348 e. The molecule has 1 atom stereocenters. The quantitative estimate of drug-likeness (QED) is 0.926. The van der Waals surface area contributed by atoms with Crippen molar-refractivity contribution in [2.45, 2.75) is 32.3 Å². The van der Waals surface area contributed by atoms with E-state index in [9.17, 15) is 4.39 Å². The maximum atomic E-state index is 13.1. The third-order valence-corrected chi connectivity index (χ3v) is 3.54. The van der Waals surface area contributed by atoms with E-state index in [1.807, 2.05) is 13.8 Å². The number of hydrogen-bond acceptors (Lipinski definition) is 3. The highest BCUT2D eigenvalue weighted by Gasteiger charge is 2.32. The average molecular weight is 318 g/mol. The van der Waals surface area contributed by atoms with E-state index < -0.39 is 5.79 Å². The Hall–Kier alpha value is -0.490. The maximum Gasteiger partial charge on any atom is 0.163 e. The molecule has 0 bridgehead atoms. The molecule has 1 heterocycles. The molecule has 1 saturated heterocycles. The van der Waals surface area contributed by atoms with Gasteiger partial charge < -0.3 is 14.8 Å². The van der Waals surface area contributed by atoms with E-state index in [1.165, 1.54) is 12.1 Å². The Kier molecular flexibility index (Phi) is 4.37. The summed E-state index contributed by atoms with van der Waals surface area (Å²) in [4.78, 5) is 0. The van der Waals surface area contributed by atoms with Crippen molar-refractivity contribution in [3.8, 4) is 0 Å². The lowest BCUT2D eigenvalue weighted by atomic mass is 10.2. The molecule has 5 heteroatoms. The van der Waals surface area contributed by atoms with Gasteiger partial charge in [0.05, 0.1) is 12.7 Å². The molecule has 3 nitrogen and oxygen atoms in total. The second kappa shape index (κ2) is 5.65. The zero-order chi connectivity index (χ0) is 13.2. The van der Waals surface area contributed by atoms with Crippen molar-refractivity contribution in [3.63, 3.8) is 0 Å². The Morgan fingerprint density at radius 3 is 2.94 bits per heavy atom. The van der Waals surface area contributed by atoms with Gasteiger partial charge in [0.25, 0.3) is 0 Å². The molecule has 2 rings (SSSR count). The molecule has 0 aliphatic carbocycles. The van der Waals surface area contributed by atoms with Crippen LogP contribution in [0.15, 0.2) is 22.7 Å². The summed E-state index contributed by atoms with van der Waals surface area (Å²) < 4.78 is 25.1. The topological polar surface area (TPSA) is 30.5 Å². The van der Waals surface area contributed by atoms with E-state index in [0.717, 1.165) is 10.0 Å². The molecule has 1 unspecified atom stereocenters. The van der Waals surface area contributed by atoms with Gasteiger partial charge in [0.15, 0.2) is 5.79 Å². The van der Waals surface area contributed by atoms with Gasteiger partial charge in [-0.15, -0.1) is 0 Å². The molecule has 0 radical (unpaired) electrons. The van der Waals surface area contributed by atoms with Gasteiger partial charge in [-0.3, -0.25) is 0 Å². The van der Waals surface area contributed by atoms with Crippen LogP contribution in [-0.4, -0.2) is 25.0 Å². The first-order chi connectivity index (χ1) is 8.46. The van der Waals surface area contributed by atoms with E-state index in [2.05, 4.69) is 21.2 Å². The summed E-state index contributed by atoms with van der Waals surface area (Å²) in [7, 11) is 0. The monoisotopic (exact) mass is 317 g/mol. The molecule has 1 fully saturated rings. The van der Waals surface area contributed by atoms with Crippen LogP contribution in [0.25, 0.3) is 0 Å². The molecule has 1 aliphatic rings. The fraction of sp³-hybridized carbons (Fsp3) is 0.538. The second-order valence-corrected chi connectivity index (χ2v) is 5.67. The van der Waals surface area contributed by atoms with Crippen LogP contribution in [0, 0.1) is 5.82 Å². The third kappa shape index (κ3) is 3.75. The number of halogens is 2. The summed E-state index contributed by atoms with van der Waals surface area (Å²) >= 11 is 3.40. The van der Waals surface area contributed by atoms with Gasteiger partial charge >= 0.3 is 0 Å². The Bertz CT molecular complexity index is 425. The van der Waals surface area contributed by atoms with Gasteiger partial charge in [0.2, 0.25) is 0 Å². The molecule has 0 saturated carbocycles. The van der Waals surface area contributed by atoms with Crippen LogP contribution in [0.4, 0.5) is 4.39 Å². The molecule has 0 amide bonds. The zero-order valence-corrected chi connectivity index (χ0v) is 12.1. The van der Waals surface area contributed by atoms with E-state index in [4.69, 9.17) is 9.47 Å². The van der Waals surface area contributed by atoms with E-state index in [1.54, 1.807) is 6.07 Å². The summed E-state index contributed by atoms with van der Waals surface area (Å²) in [5, 5.41) is 3.25. The van der Waals surface area contributed by atoms with E-state index in [0.29, 0.717) is 19.7 Å². The lowest BCUT2D eigenvalue weighted by molar-refractivity contribution is -0.137. The van der Waals surface area contributed by atoms with Crippen LogP contribution in [0.1, 0.15) is 19.4 Å². The predicted molar refractivity (Wildman–Crippen MR) is 70.7 cm³/mol. The number of ether oxygens (including phenoxy) is 2. The largest absolute Gasteiger partial charge is 0.348 e. The predicted octanol–water partition coefficient (Wildman–Crippen LogP) is 2.83. The Balaban J connectivity index is 1.80. The minimum atomic E-state index is -0.494. The van der Waals surface area contributed by atoms with Crippen LogP contribution < -0.4 is 5.32 Å². The molecular formula is C13H17BrFNO2. The van der Waals surface area contributed by atoms with Crippen molar-refractivity contribution in [1.29, 1.82) is 0 Å². The molecule has 18 heavy (non-hydrogen) atoms. The number of nitrogens with one attached hydrogen (secondary N) is 1. The van der Waals surface area contributed by atoms with Gasteiger partial charge in [-0.1, -0.05) is 15.9 Å². The van der Waals surface area contributed by atoms with Gasteiger partial charge in [-0.25, -0.2) is 4.39 Å². The van der Waals surface area contributed by atoms with Crippen molar-refractivity contribution < 1.29 is 13.9 Å². The van der Waals surface area contributed by atoms with Crippen molar-refractivity contribution in [1.82, 2.24) is 5.32 Å². The lowest BCUT2D eigenvalue weighted by Crippen LogP contribution is -2.30. The average Bonchev–Trinajstić information content (AvgIpc) is 2.63. The molecule has 1 aromatic carbocycles. The molecule has 1 N–H and O–H groups in total. The summed E-state index contributed by atoms with van der Waals surface area (Å²) in [5.74, 6) is -0.720. The number of hydrogen-bond donors (Lipinski definition) is 1. The first kappa shape index (κ1) is 13.9. The fourth-order valence-corrected chi connectivity index (χ4v) is 2.30. The highest BCUT2D eigenvalue weighted by atomic mass is 79.9. The van der Waals surface area contributed by atoms with Gasteiger partial charge in [-0.2, -0.15) is 0 Å². The molecule has 1 aromatic rings. The van der Waals surface area contributed by atoms with Crippen LogP contribution in [0.5, 0.6) is 0 Å². The smallest absolute Gasteiger partial charge is 0.163 e. The van der Waals surface area contributed by atoms with Crippen molar-refractivity contribution >= 4 is 15.9 Å². The Labute approximate surface area is 115 Å². The molecule has 1 aliphatic heterocycles. The molecule has 100 valence electrons. The first-order valence-corrected chi connectivity index (χ1v) is 6.72. The van der Waals surface area contributed by atoms with Crippen LogP contribution >= 0.6 is 15.9 Å². The summed E-state index contributed by atoms with van der Waals surface area (Å²) in [6.45, 7) is 5.67. The number of rotatable bonds is 4. The maximum absolute atomic E-state index is 13.1. The van der Waals surface area contributed by atoms with Crippen molar-refractivity contribution in [2.75, 3.05) is 13.2 Å². The molecule has 0 spiro atoms. The third-order valence-electron chi connectivity index (χ3n) is 2.76. The molecule has 0 aromatic heterocycles. The zero-order valence-electron chi connectivity index (χ0n) is 10.5.